The number of aryl methyl sites for hydroxylation is 1. The van der Waals surface area contributed by atoms with E-state index in [-0.39, 0.29) is 24.0 Å². The second kappa shape index (κ2) is 9.41. The van der Waals surface area contributed by atoms with Gasteiger partial charge in [0, 0.05) is 6.54 Å². The second-order valence-electron chi connectivity index (χ2n) is 5.78. The molecule has 5 nitrogen and oxygen atoms in total. The van der Waals surface area contributed by atoms with E-state index in [2.05, 4.69) is 10.1 Å². The molecule has 0 aliphatic carbocycles. The number of hydrogen-bond acceptors (Lipinski definition) is 4. The Morgan fingerprint density at radius 1 is 1.11 bits per heavy atom. The predicted octanol–water partition coefficient (Wildman–Crippen LogP) is 4.34. The maximum absolute atomic E-state index is 12.4. The molecule has 1 atom stereocenters. The zero-order chi connectivity index (χ0) is 20.0. The molecule has 0 aromatic heterocycles. The monoisotopic (exact) mass is 399 g/mol. The van der Waals surface area contributed by atoms with Crippen LogP contribution in [0.15, 0.2) is 36.4 Å². The lowest BCUT2D eigenvalue weighted by molar-refractivity contribution is -0.127. The molecular weight excluding hydrogens is 380 g/mol. The third kappa shape index (κ3) is 5.99. The van der Waals surface area contributed by atoms with Crippen LogP contribution >= 0.6 is 11.6 Å². The van der Waals surface area contributed by atoms with Crippen molar-refractivity contribution in [3.63, 3.8) is 0 Å². The fourth-order valence-electron chi connectivity index (χ4n) is 2.29. The highest BCUT2D eigenvalue weighted by Crippen LogP contribution is 2.29. The number of nitrogens with one attached hydrogen (secondary N) is 1. The first-order valence-corrected chi connectivity index (χ1v) is 8.50. The Hall–Kier alpha value is -2.54. The van der Waals surface area contributed by atoms with Gasteiger partial charge in [-0.2, -0.15) is 8.78 Å². The van der Waals surface area contributed by atoms with Crippen molar-refractivity contribution in [1.29, 1.82) is 0 Å². The van der Waals surface area contributed by atoms with Crippen molar-refractivity contribution in [2.45, 2.75) is 33.1 Å². The predicted molar refractivity (Wildman–Crippen MR) is 97.8 cm³/mol. The number of ether oxygens (including phenoxy) is 3. The normalized spacial score (nSPS) is 11.8. The molecule has 0 radical (unpaired) electrons. The number of carbonyl (C=O) groups is 1. The lowest BCUT2D eigenvalue weighted by Gasteiger charge is -2.16. The van der Waals surface area contributed by atoms with Crippen LogP contribution in [0.25, 0.3) is 0 Å². The Kier molecular flexibility index (Phi) is 7.24. The molecule has 0 aliphatic heterocycles. The molecule has 2 aromatic rings. The molecule has 2 rings (SSSR count). The molecule has 1 N–H and O–H groups in total. The lowest BCUT2D eigenvalue weighted by Crippen LogP contribution is -2.36. The number of hydrogen-bond donors (Lipinski definition) is 1. The van der Waals surface area contributed by atoms with Crippen molar-refractivity contribution in [3.05, 3.63) is 52.5 Å². The Morgan fingerprint density at radius 2 is 1.85 bits per heavy atom. The maximum Gasteiger partial charge on any atom is 0.387 e. The number of methoxy groups -OCH3 is 1. The summed E-state index contributed by atoms with van der Waals surface area (Å²) in [6.45, 7) is 0.715. The summed E-state index contributed by atoms with van der Waals surface area (Å²) in [5.41, 5.74) is 1.61. The van der Waals surface area contributed by atoms with Gasteiger partial charge in [-0.3, -0.25) is 4.79 Å². The van der Waals surface area contributed by atoms with Crippen molar-refractivity contribution in [1.82, 2.24) is 5.32 Å². The molecule has 146 valence electrons. The first-order valence-electron chi connectivity index (χ1n) is 8.12. The zero-order valence-electron chi connectivity index (χ0n) is 15.1. The summed E-state index contributed by atoms with van der Waals surface area (Å²) in [5.74, 6) is 0.153. The van der Waals surface area contributed by atoms with Gasteiger partial charge in [0.25, 0.3) is 5.91 Å². The fourth-order valence-corrected chi connectivity index (χ4v) is 2.46. The molecule has 0 saturated heterocycles. The third-order valence-corrected chi connectivity index (χ3v) is 3.98. The van der Waals surface area contributed by atoms with Gasteiger partial charge in [-0.25, -0.2) is 0 Å². The molecule has 0 spiro atoms. The molecule has 1 unspecified atom stereocenters. The molecule has 0 fully saturated rings. The molecule has 27 heavy (non-hydrogen) atoms. The standard InChI is InChI=1S/C19H20ClF2NO4/c1-11-4-6-14(20)16(8-11)26-12(2)18(24)23-10-13-5-7-15(27-19(21)22)17(9-13)25-3/h4-9,12,19H,10H2,1-3H3,(H,23,24). The number of carbonyl (C=O) groups excluding carboxylic acids is 1. The van der Waals surface area contributed by atoms with Gasteiger partial charge in [-0.15, -0.1) is 0 Å². The van der Waals surface area contributed by atoms with Gasteiger partial charge in [0.2, 0.25) is 0 Å². The van der Waals surface area contributed by atoms with E-state index >= 15 is 0 Å². The Labute approximate surface area is 161 Å². The van der Waals surface area contributed by atoms with Crippen LogP contribution in [-0.2, 0) is 11.3 Å². The van der Waals surface area contributed by atoms with Gasteiger partial charge >= 0.3 is 6.61 Å². The van der Waals surface area contributed by atoms with Crippen LogP contribution in [0.5, 0.6) is 17.2 Å². The minimum Gasteiger partial charge on any atom is -0.493 e. The van der Waals surface area contributed by atoms with Gasteiger partial charge in [0.15, 0.2) is 17.6 Å². The Balaban J connectivity index is 1.97. The van der Waals surface area contributed by atoms with Crippen LogP contribution in [-0.4, -0.2) is 25.7 Å². The average molecular weight is 400 g/mol. The quantitative estimate of drug-likeness (QED) is 0.717. The van der Waals surface area contributed by atoms with E-state index in [4.69, 9.17) is 21.1 Å². The highest BCUT2D eigenvalue weighted by Gasteiger charge is 2.17. The maximum atomic E-state index is 12.4. The SMILES string of the molecule is COc1cc(CNC(=O)C(C)Oc2cc(C)ccc2Cl)ccc1OC(F)F. The fraction of sp³-hybridized carbons (Fsp3) is 0.316. The average Bonchev–Trinajstić information content (AvgIpc) is 2.63. The Morgan fingerprint density at radius 3 is 2.52 bits per heavy atom. The van der Waals surface area contributed by atoms with Crippen molar-refractivity contribution >= 4 is 17.5 Å². The largest absolute Gasteiger partial charge is 0.493 e. The third-order valence-electron chi connectivity index (χ3n) is 3.67. The van der Waals surface area contributed by atoms with E-state index in [0.29, 0.717) is 16.3 Å². The van der Waals surface area contributed by atoms with E-state index in [1.807, 2.05) is 13.0 Å². The van der Waals surface area contributed by atoms with E-state index < -0.39 is 12.7 Å². The second-order valence-corrected chi connectivity index (χ2v) is 6.18. The van der Waals surface area contributed by atoms with Crippen molar-refractivity contribution in [2.24, 2.45) is 0 Å². The van der Waals surface area contributed by atoms with E-state index in [1.165, 1.54) is 19.2 Å². The smallest absolute Gasteiger partial charge is 0.387 e. The summed E-state index contributed by atoms with van der Waals surface area (Å²) in [6.07, 6.45) is -0.771. The molecule has 0 saturated carbocycles. The van der Waals surface area contributed by atoms with Crippen LogP contribution in [0.2, 0.25) is 5.02 Å². The van der Waals surface area contributed by atoms with Crippen LogP contribution in [0.4, 0.5) is 8.78 Å². The van der Waals surface area contributed by atoms with Crippen LogP contribution in [0, 0.1) is 6.92 Å². The highest BCUT2D eigenvalue weighted by atomic mass is 35.5. The van der Waals surface area contributed by atoms with Crippen molar-refractivity contribution in [2.75, 3.05) is 7.11 Å². The number of benzene rings is 2. The van der Waals surface area contributed by atoms with Crippen LogP contribution in [0.3, 0.4) is 0 Å². The topological polar surface area (TPSA) is 56.8 Å². The lowest BCUT2D eigenvalue weighted by atomic mass is 10.2. The first kappa shape index (κ1) is 20.8. The van der Waals surface area contributed by atoms with Gasteiger partial charge in [0.1, 0.15) is 5.75 Å². The number of amides is 1. The zero-order valence-corrected chi connectivity index (χ0v) is 15.8. The molecule has 8 heteroatoms. The minimum absolute atomic E-state index is 0.0756. The molecular formula is C19H20ClF2NO4. The summed E-state index contributed by atoms with van der Waals surface area (Å²) in [6, 6.07) is 9.73. The summed E-state index contributed by atoms with van der Waals surface area (Å²) in [4.78, 5) is 12.2. The summed E-state index contributed by atoms with van der Waals surface area (Å²) in [7, 11) is 1.34. The molecule has 0 bridgehead atoms. The van der Waals surface area contributed by atoms with E-state index in [9.17, 15) is 13.6 Å². The highest BCUT2D eigenvalue weighted by molar-refractivity contribution is 6.32. The number of alkyl halides is 2. The molecule has 0 aliphatic rings. The molecule has 1 amide bonds. The van der Waals surface area contributed by atoms with Crippen LogP contribution in [0.1, 0.15) is 18.1 Å². The van der Waals surface area contributed by atoms with E-state index in [0.717, 1.165) is 5.56 Å². The molecule has 2 aromatic carbocycles. The Bertz CT molecular complexity index is 801. The van der Waals surface area contributed by atoms with Gasteiger partial charge in [-0.05, 0) is 49.2 Å². The molecule has 0 heterocycles. The number of halogens is 3. The van der Waals surface area contributed by atoms with Crippen molar-refractivity contribution in [3.8, 4) is 17.2 Å². The minimum atomic E-state index is -2.95. The summed E-state index contributed by atoms with van der Waals surface area (Å²) in [5, 5.41) is 3.13. The van der Waals surface area contributed by atoms with Crippen molar-refractivity contribution < 1.29 is 27.8 Å². The van der Waals surface area contributed by atoms with Crippen LogP contribution < -0.4 is 19.5 Å². The van der Waals surface area contributed by atoms with Gasteiger partial charge in [0.05, 0.1) is 12.1 Å². The van der Waals surface area contributed by atoms with Gasteiger partial charge < -0.3 is 19.5 Å². The number of rotatable bonds is 8. The summed E-state index contributed by atoms with van der Waals surface area (Å²) >= 11 is 6.07. The summed E-state index contributed by atoms with van der Waals surface area (Å²) < 4.78 is 39.7. The first-order chi connectivity index (χ1) is 12.8. The van der Waals surface area contributed by atoms with E-state index in [1.54, 1.807) is 25.1 Å². The van der Waals surface area contributed by atoms with Gasteiger partial charge in [-0.1, -0.05) is 23.7 Å².